The third kappa shape index (κ3) is 5.22. The van der Waals surface area contributed by atoms with Crippen LogP contribution in [0.1, 0.15) is 16.1 Å². The minimum atomic E-state index is -0.449. The number of rotatable bonds is 7. The Balaban J connectivity index is 1.42. The van der Waals surface area contributed by atoms with Crippen molar-refractivity contribution in [3.63, 3.8) is 0 Å². The van der Waals surface area contributed by atoms with Crippen LogP contribution < -0.4 is 10.1 Å². The van der Waals surface area contributed by atoms with E-state index in [0.29, 0.717) is 17.3 Å². The number of hydrogen-bond donors (Lipinski definition) is 1. The summed E-state index contributed by atoms with van der Waals surface area (Å²) in [5.41, 5.74) is 0.985. The van der Waals surface area contributed by atoms with Crippen LogP contribution in [-0.4, -0.2) is 25.5 Å². The summed E-state index contributed by atoms with van der Waals surface area (Å²) in [5.74, 6) is -0.00620. The zero-order chi connectivity index (χ0) is 21.8. The number of carbonyl (C=O) groups excluding carboxylic acids is 1. The van der Waals surface area contributed by atoms with Gasteiger partial charge in [0.1, 0.15) is 22.3 Å². The molecule has 0 aliphatic rings. The number of aromatic nitrogens is 4. The van der Waals surface area contributed by atoms with Gasteiger partial charge in [-0.25, -0.2) is 9.07 Å². The van der Waals surface area contributed by atoms with E-state index in [-0.39, 0.29) is 29.1 Å². The van der Waals surface area contributed by atoms with E-state index in [1.54, 1.807) is 48.7 Å². The predicted molar refractivity (Wildman–Crippen MR) is 115 cm³/mol. The second kappa shape index (κ2) is 9.20. The number of amides is 1. The number of carbonyl (C=O) groups is 1. The highest BCUT2D eigenvalue weighted by Crippen LogP contribution is 2.21. The fourth-order valence-corrected chi connectivity index (χ4v) is 3.18. The van der Waals surface area contributed by atoms with E-state index in [0.717, 1.165) is 5.56 Å². The molecule has 0 saturated carbocycles. The highest BCUT2D eigenvalue weighted by atomic mass is 35.5. The molecule has 0 spiro atoms. The molecule has 2 aromatic heterocycles. The standard InChI is InChI=1S/C21H16Cl2FN5O2/c22-15-4-6-17(7-5-15)31-13-29-19(8-9-25-29)21(30)26-20-18(23)12-28(27-20)11-14-2-1-3-16(24)10-14/h1-10,12H,11,13H2,(H,26,27,30). The fraction of sp³-hybridized carbons (Fsp3) is 0.0952. The number of benzene rings is 2. The maximum Gasteiger partial charge on any atom is 0.275 e. The van der Waals surface area contributed by atoms with Gasteiger partial charge in [0, 0.05) is 17.4 Å². The minimum Gasteiger partial charge on any atom is -0.471 e. The van der Waals surface area contributed by atoms with Crippen LogP contribution in [0.3, 0.4) is 0 Å². The van der Waals surface area contributed by atoms with E-state index in [1.807, 2.05) is 0 Å². The zero-order valence-electron chi connectivity index (χ0n) is 16.0. The molecule has 1 N–H and O–H groups in total. The number of halogens is 3. The Labute approximate surface area is 187 Å². The van der Waals surface area contributed by atoms with Crippen molar-refractivity contribution in [2.75, 3.05) is 5.32 Å². The van der Waals surface area contributed by atoms with Crippen LogP contribution in [0, 0.1) is 5.82 Å². The minimum absolute atomic E-state index is 0.0269. The molecular weight excluding hydrogens is 444 g/mol. The summed E-state index contributed by atoms with van der Waals surface area (Å²) >= 11 is 12.1. The van der Waals surface area contributed by atoms with Gasteiger partial charge >= 0.3 is 0 Å². The van der Waals surface area contributed by atoms with Gasteiger partial charge in [0.25, 0.3) is 5.91 Å². The second-order valence-electron chi connectivity index (χ2n) is 6.55. The van der Waals surface area contributed by atoms with Crippen molar-refractivity contribution >= 4 is 34.9 Å². The molecule has 0 aliphatic carbocycles. The fourth-order valence-electron chi connectivity index (χ4n) is 2.85. The Morgan fingerprint density at radius 2 is 1.94 bits per heavy atom. The summed E-state index contributed by atoms with van der Waals surface area (Å²) < 4.78 is 21.9. The molecule has 0 saturated heterocycles. The van der Waals surface area contributed by atoms with Crippen LogP contribution in [0.4, 0.5) is 10.2 Å². The van der Waals surface area contributed by atoms with E-state index in [2.05, 4.69) is 15.5 Å². The van der Waals surface area contributed by atoms with Gasteiger partial charge in [-0.1, -0.05) is 35.3 Å². The molecule has 2 heterocycles. The van der Waals surface area contributed by atoms with Gasteiger partial charge in [0.05, 0.1) is 6.54 Å². The molecule has 0 bridgehead atoms. The molecule has 10 heteroatoms. The molecule has 0 atom stereocenters. The van der Waals surface area contributed by atoms with Crippen LogP contribution in [0.5, 0.6) is 5.75 Å². The maximum atomic E-state index is 13.4. The van der Waals surface area contributed by atoms with Crippen LogP contribution >= 0.6 is 23.2 Å². The Kier molecular flexibility index (Phi) is 6.20. The molecule has 158 valence electrons. The van der Waals surface area contributed by atoms with Crippen molar-refractivity contribution in [3.05, 3.63) is 94.1 Å². The van der Waals surface area contributed by atoms with Crippen LogP contribution in [0.2, 0.25) is 10.0 Å². The van der Waals surface area contributed by atoms with Crippen molar-refractivity contribution in [3.8, 4) is 5.75 Å². The monoisotopic (exact) mass is 459 g/mol. The van der Waals surface area contributed by atoms with Gasteiger partial charge in [0.2, 0.25) is 0 Å². The first-order valence-corrected chi connectivity index (χ1v) is 9.92. The molecule has 31 heavy (non-hydrogen) atoms. The molecule has 0 fully saturated rings. The third-order valence-corrected chi connectivity index (χ3v) is 4.83. The van der Waals surface area contributed by atoms with Gasteiger partial charge in [-0.2, -0.15) is 10.2 Å². The van der Waals surface area contributed by atoms with E-state index in [1.165, 1.54) is 27.7 Å². The SMILES string of the molecule is O=C(Nc1nn(Cc2cccc(F)c2)cc1Cl)c1ccnn1COc1ccc(Cl)cc1. The number of ether oxygens (including phenoxy) is 1. The molecule has 7 nitrogen and oxygen atoms in total. The molecule has 0 radical (unpaired) electrons. The Bertz CT molecular complexity index is 1210. The number of hydrogen-bond acceptors (Lipinski definition) is 4. The summed E-state index contributed by atoms with van der Waals surface area (Å²) in [4.78, 5) is 12.7. The van der Waals surface area contributed by atoms with E-state index in [9.17, 15) is 9.18 Å². The molecule has 2 aromatic carbocycles. The highest BCUT2D eigenvalue weighted by molar-refractivity contribution is 6.33. The van der Waals surface area contributed by atoms with Crippen molar-refractivity contribution < 1.29 is 13.9 Å². The molecule has 1 amide bonds. The lowest BCUT2D eigenvalue weighted by molar-refractivity contribution is 0.100. The summed E-state index contributed by atoms with van der Waals surface area (Å²) in [6, 6.07) is 14.6. The molecular formula is C21H16Cl2FN5O2. The predicted octanol–water partition coefficient (Wildman–Crippen LogP) is 4.86. The lowest BCUT2D eigenvalue weighted by atomic mass is 10.2. The summed E-state index contributed by atoms with van der Waals surface area (Å²) in [6.07, 6.45) is 3.05. The van der Waals surface area contributed by atoms with Gasteiger partial charge < -0.3 is 10.1 Å². The van der Waals surface area contributed by atoms with Gasteiger partial charge in [-0.05, 0) is 48.0 Å². The smallest absolute Gasteiger partial charge is 0.275 e. The first-order valence-electron chi connectivity index (χ1n) is 9.17. The lowest BCUT2D eigenvalue weighted by Crippen LogP contribution is -2.20. The maximum absolute atomic E-state index is 13.4. The van der Waals surface area contributed by atoms with Crippen molar-refractivity contribution in [2.45, 2.75) is 13.3 Å². The average Bonchev–Trinajstić information content (AvgIpc) is 3.34. The normalized spacial score (nSPS) is 10.8. The second-order valence-corrected chi connectivity index (χ2v) is 7.39. The third-order valence-electron chi connectivity index (χ3n) is 4.30. The van der Waals surface area contributed by atoms with Gasteiger partial charge in [-0.3, -0.25) is 9.48 Å². The van der Waals surface area contributed by atoms with E-state index < -0.39 is 5.91 Å². The Hall–Kier alpha value is -3.36. The van der Waals surface area contributed by atoms with Gasteiger partial charge in [0.15, 0.2) is 12.5 Å². The van der Waals surface area contributed by atoms with E-state index in [4.69, 9.17) is 27.9 Å². The average molecular weight is 460 g/mol. The first kappa shape index (κ1) is 20.9. The Morgan fingerprint density at radius 1 is 1.13 bits per heavy atom. The molecule has 4 rings (SSSR count). The molecule has 0 unspecified atom stereocenters. The number of anilines is 1. The number of nitrogens with one attached hydrogen (secondary N) is 1. The van der Waals surface area contributed by atoms with Crippen LogP contribution in [-0.2, 0) is 13.3 Å². The summed E-state index contributed by atoms with van der Waals surface area (Å²) in [6.45, 7) is 0.333. The van der Waals surface area contributed by atoms with Crippen molar-refractivity contribution in [1.29, 1.82) is 0 Å². The van der Waals surface area contributed by atoms with Crippen LogP contribution in [0.25, 0.3) is 0 Å². The topological polar surface area (TPSA) is 74.0 Å². The number of nitrogens with zero attached hydrogens (tertiary/aromatic N) is 4. The first-order chi connectivity index (χ1) is 15.0. The van der Waals surface area contributed by atoms with E-state index >= 15 is 0 Å². The summed E-state index contributed by atoms with van der Waals surface area (Å²) in [7, 11) is 0. The largest absolute Gasteiger partial charge is 0.471 e. The molecule has 0 aliphatic heterocycles. The highest BCUT2D eigenvalue weighted by Gasteiger charge is 2.16. The summed E-state index contributed by atoms with van der Waals surface area (Å²) in [5, 5.41) is 11.9. The van der Waals surface area contributed by atoms with Crippen LogP contribution in [0.15, 0.2) is 67.0 Å². The zero-order valence-corrected chi connectivity index (χ0v) is 17.5. The quantitative estimate of drug-likeness (QED) is 0.428. The van der Waals surface area contributed by atoms with Gasteiger partial charge in [-0.15, -0.1) is 0 Å². The molecule has 4 aromatic rings. The Morgan fingerprint density at radius 3 is 2.71 bits per heavy atom. The lowest BCUT2D eigenvalue weighted by Gasteiger charge is -2.09. The van der Waals surface area contributed by atoms with Crippen molar-refractivity contribution in [2.24, 2.45) is 0 Å². The van der Waals surface area contributed by atoms with Crippen molar-refractivity contribution in [1.82, 2.24) is 19.6 Å².